The minimum atomic E-state index is -0.775. The lowest BCUT2D eigenvalue weighted by molar-refractivity contribution is -0.149. The zero-order chi connectivity index (χ0) is 14.9. The summed E-state index contributed by atoms with van der Waals surface area (Å²) < 4.78 is 1.89. The molecule has 0 aliphatic heterocycles. The van der Waals surface area contributed by atoms with Crippen LogP contribution in [0.3, 0.4) is 0 Å². The van der Waals surface area contributed by atoms with Crippen LogP contribution in [0.2, 0.25) is 5.02 Å². The lowest BCUT2D eigenvalue weighted by Gasteiger charge is -2.34. The van der Waals surface area contributed by atoms with Crippen LogP contribution in [0.5, 0.6) is 0 Å². The second kappa shape index (κ2) is 5.57. The Morgan fingerprint density at radius 2 is 1.71 bits per heavy atom. The number of aliphatic carboxylic acids is 1. The van der Waals surface area contributed by atoms with Crippen molar-refractivity contribution in [3.05, 3.63) is 47.7 Å². The van der Waals surface area contributed by atoms with Gasteiger partial charge in [0.1, 0.15) is 5.54 Å². The van der Waals surface area contributed by atoms with Gasteiger partial charge in [-0.15, -0.1) is 0 Å². The molecule has 0 atom stereocenters. The van der Waals surface area contributed by atoms with Crippen molar-refractivity contribution in [2.24, 2.45) is 0 Å². The molecule has 0 spiro atoms. The third-order valence-electron chi connectivity index (χ3n) is 4.44. The summed E-state index contributed by atoms with van der Waals surface area (Å²) in [7, 11) is 0. The normalized spacial score (nSPS) is 17.6. The fraction of sp³-hybridized carbons (Fsp3) is 0.353. The first-order valence-electron chi connectivity index (χ1n) is 7.30. The highest BCUT2D eigenvalue weighted by atomic mass is 35.5. The Bertz CT molecular complexity index is 639. The maximum atomic E-state index is 11.8. The number of nitrogens with zero attached hydrogens (tertiary/aromatic N) is 1. The second-order valence-electron chi connectivity index (χ2n) is 5.71. The van der Waals surface area contributed by atoms with Crippen molar-refractivity contribution in [3.8, 4) is 11.1 Å². The lowest BCUT2D eigenvalue weighted by atomic mass is 9.81. The van der Waals surface area contributed by atoms with Gasteiger partial charge >= 0.3 is 5.97 Å². The number of rotatable bonds is 3. The van der Waals surface area contributed by atoms with Gasteiger partial charge < -0.3 is 9.67 Å². The largest absolute Gasteiger partial charge is 0.479 e. The van der Waals surface area contributed by atoms with Gasteiger partial charge in [-0.3, -0.25) is 0 Å². The Balaban J connectivity index is 1.96. The average molecular weight is 304 g/mol. The third-order valence-corrected chi connectivity index (χ3v) is 4.70. The zero-order valence-corrected chi connectivity index (χ0v) is 12.5. The molecule has 0 unspecified atom stereocenters. The van der Waals surface area contributed by atoms with E-state index in [2.05, 4.69) is 0 Å². The van der Waals surface area contributed by atoms with Gasteiger partial charge in [0.25, 0.3) is 0 Å². The molecule has 1 saturated carbocycles. The topological polar surface area (TPSA) is 42.2 Å². The van der Waals surface area contributed by atoms with Crippen molar-refractivity contribution in [1.29, 1.82) is 0 Å². The van der Waals surface area contributed by atoms with Crippen LogP contribution in [-0.2, 0) is 10.3 Å². The van der Waals surface area contributed by atoms with Gasteiger partial charge in [0.2, 0.25) is 0 Å². The van der Waals surface area contributed by atoms with Crippen LogP contribution in [0.4, 0.5) is 0 Å². The molecule has 21 heavy (non-hydrogen) atoms. The van der Waals surface area contributed by atoms with Gasteiger partial charge in [-0.2, -0.15) is 0 Å². The summed E-state index contributed by atoms with van der Waals surface area (Å²) in [5.41, 5.74) is 1.30. The number of carbonyl (C=O) groups is 1. The Morgan fingerprint density at radius 1 is 1.05 bits per heavy atom. The van der Waals surface area contributed by atoms with E-state index in [4.69, 9.17) is 11.6 Å². The quantitative estimate of drug-likeness (QED) is 0.903. The summed E-state index contributed by atoms with van der Waals surface area (Å²) in [6.45, 7) is 0. The highest BCUT2D eigenvalue weighted by Crippen LogP contribution is 2.36. The van der Waals surface area contributed by atoms with Crippen LogP contribution in [0.15, 0.2) is 42.7 Å². The number of carboxylic acids is 1. The summed E-state index contributed by atoms with van der Waals surface area (Å²) in [5, 5.41) is 10.4. The molecular formula is C17H18ClNO2. The van der Waals surface area contributed by atoms with Gasteiger partial charge in [-0.1, -0.05) is 43.0 Å². The second-order valence-corrected chi connectivity index (χ2v) is 6.15. The molecule has 1 fully saturated rings. The number of aromatic nitrogens is 1. The molecule has 1 heterocycles. The van der Waals surface area contributed by atoms with Crippen LogP contribution in [-0.4, -0.2) is 15.6 Å². The maximum Gasteiger partial charge on any atom is 0.329 e. The van der Waals surface area contributed by atoms with Gasteiger partial charge in [-0.25, -0.2) is 4.79 Å². The molecular weight excluding hydrogens is 286 g/mol. The Hall–Kier alpha value is -1.74. The van der Waals surface area contributed by atoms with Crippen LogP contribution in [0.1, 0.15) is 32.1 Å². The monoisotopic (exact) mass is 303 g/mol. The first kappa shape index (κ1) is 14.2. The van der Waals surface area contributed by atoms with Crippen molar-refractivity contribution in [2.75, 3.05) is 0 Å². The smallest absolute Gasteiger partial charge is 0.329 e. The molecule has 1 aliphatic rings. The minimum absolute atomic E-state index is 0.701. The molecule has 1 N–H and O–H groups in total. The van der Waals surface area contributed by atoms with Gasteiger partial charge in [0.05, 0.1) is 0 Å². The SMILES string of the molecule is O=C(O)C1(n2ccc(-c3ccc(Cl)cc3)c2)CCCCC1. The number of carboxylic acid groups (broad SMARTS) is 1. The van der Waals surface area contributed by atoms with Crippen LogP contribution in [0.25, 0.3) is 11.1 Å². The molecule has 3 nitrogen and oxygen atoms in total. The maximum absolute atomic E-state index is 11.8. The summed E-state index contributed by atoms with van der Waals surface area (Å²) >= 11 is 5.91. The Kier molecular flexibility index (Phi) is 3.77. The van der Waals surface area contributed by atoms with Gasteiger partial charge in [0.15, 0.2) is 0 Å². The predicted octanol–water partition coefficient (Wildman–Crippen LogP) is 4.55. The van der Waals surface area contributed by atoms with E-state index in [1.165, 1.54) is 0 Å². The molecule has 1 aromatic heterocycles. The molecule has 0 radical (unpaired) electrons. The fourth-order valence-electron chi connectivity index (χ4n) is 3.20. The summed E-state index contributed by atoms with van der Waals surface area (Å²) in [4.78, 5) is 11.8. The van der Waals surface area contributed by atoms with Crippen LogP contribution in [0, 0.1) is 0 Å². The van der Waals surface area contributed by atoms with Crippen LogP contribution >= 0.6 is 11.6 Å². The zero-order valence-electron chi connectivity index (χ0n) is 11.8. The molecule has 1 aliphatic carbocycles. The molecule has 110 valence electrons. The van der Waals surface area contributed by atoms with E-state index in [0.717, 1.165) is 30.4 Å². The van der Waals surface area contributed by atoms with Gasteiger partial charge in [0, 0.05) is 17.4 Å². The van der Waals surface area contributed by atoms with E-state index < -0.39 is 11.5 Å². The molecule has 3 rings (SSSR count). The highest BCUT2D eigenvalue weighted by Gasteiger charge is 2.41. The summed E-state index contributed by atoms with van der Waals surface area (Å²) in [5.74, 6) is -0.722. The Morgan fingerprint density at radius 3 is 2.33 bits per heavy atom. The molecule has 1 aromatic carbocycles. The molecule has 4 heteroatoms. The first-order valence-corrected chi connectivity index (χ1v) is 7.67. The van der Waals surface area contributed by atoms with Crippen molar-refractivity contribution in [1.82, 2.24) is 4.57 Å². The number of halogens is 1. The van der Waals surface area contributed by atoms with Crippen molar-refractivity contribution >= 4 is 17.6 Å². The van der Waals surface area contributed by atoms with Gasteiger partial charge in [-0.05, 0) is 42.2 Å². The average Bonchev–Trinajstić information content (AvgIpc) is 2.99. The molecule has 0 saturated heterocycles. The summed E-state index contributed by atoms with van der Waals surface area (Å²) in [6.07, 6.45) is 8.32. The van der Waals surface area contributed by atoms with E-state index in [1.807, 2.05) is 47.3 Å². The first-order chi connectivity index (χ1) is 10.1. The van der Waals surface area contributed by atoms with Crippen LogP contribution < -0.4 is 0 Å². The standard InChI is InChI=1S/C17H18ClNO2/c18-15-6-4-13(5-7-15)14-8-11-19(12-14)17(16(20)21)9-2-1-3-10-17/h4-8,11-12H,1-3,9-10H2,(H,20,21). The predicted molar refractivity (Wildman–Crippen MR) is 83.6 cm³/mol. The van der Waals surface area contributed by atoms with Crippen molar-refractivity contribution in [2.45, 2.75) is 37.6 Å². The lowest BCUT2D eigenvalue weighted by Crippen LogP contribution is -2.42. The van der Waals surface area contributed by atoms with Crippen molar-refractivity contribution in [3.63, 3.8) is 0 Å². The number of hydrogen-bond donors (Lipinski definition) is 1. The number of hydrogen-bond acceptors (Lipinski definition) is 1. The number of benzene rings is 1. The highest BCUT2D eigenvalue weighted by molar-refractivity contribution is 6.30. The summed E-state index contributed by atoms with van der Waals surface area (Å²) in [6, 6.07) is 9.58. The molecule has 0 amide bonds. The van der Waals surface area contributed by atoms with E-state index >= 15 is 0 Å². The molecule has 2 aromatic rings. The molecule has 0 bridgehead atoms. The third kappa shape index (κ3) is 2.58. The van der Waals surface area contributed by atoms with E-state index in [0.29, 0.717) is 17.9 Å². The fourth-order valence-corrected chi connectivity index (χ4v) is 3.32. The minimum Gasteiger partial charge on any atom is -0.479 e. The van der Waals surface area contributed by atoms with E-state index in [1.54, 1.807) is 0 Å². The van der Waals surface area contributed by atoms with E-state index in [9.17, 15) is 9.90 Å². The van der Waals surface area contributed by atoms with Crippen molar-refractivity contribution < 1.29 is 9.90 Å². The Labute approximate surface area is 129 Å². The van der Waals surface area contributed by atoms with E-state index in [-0.39, 0.29) is 0 Å².